The fourth-order valence-corrected chi connectivity index (χ4v) is 1.28. The lowest BCUT2D eigenvalue weighted by atomic mass is 10.1. The van der Waals surface area contributed by atoms with E-state index in [2.05, 4.69) is 0 Å². The van der Waals surface area contributed by atoms with Crippen LogP contribution in [0.5, 0.6) is 0 Å². The van der Waals surface area contributed by atoms with E-state index in [0.29, 0.717) is 19.7 Å². The summed E-state index contributed by atoms with van der Waals surface area (Å²) in [6, 6.07) is 0. The van der Waals surface area contributed by atoms with Crippen molar-refractivity contribution in [1.82, 2.24) is 5.06 Å². The minimum Gasteiger partial charge on any atom is -0.463 e. The predicted octanol–water partition coefficient (Wildman–Crippen LogP) is 1.74. The molecule has 0 aromatic heterocycles. The molecule has 0 bridgehead atoms. The predicted molar refractivity (Wildman–Crippen MR) is 69.3 cm³/mol. The summed E-state index contributed by atoms with van der Waals surface area (Å²) in [5.41, 5.74) is 0.559. The van der Waals surface area contributed by atoms with E-state index in [9.17, 15) is 4.79 Å². The molecule has 0 amide bonds. The van der Waals surface area contributed by atoms with Crippen LogP contribution in [0.4, 0.5) is 0 Å². The Labute approximate surface area is 109 Å². The first kappa shape index (κ1) is 17.1. The van der Waals surface area contributed by atoms with Gasteiger partial charge in [0.05, 0.1) is 12.2 Å². The second kappa shape index (κ2) is 8.24. The Morgan fingerprint density at radius 3 is 2.22 bits per heavy atom. The molecular weight excluding hydrogens is 234 g/mol. The Morgan fingerprint density at radius 2 is 1.83 bits per heavy atom. The first-order chi connectivity index (χ1) is 8.22. The molecule has 1 fully saturated rings. The summed E-state index contributed by atoms with van der Waals surface area (Å²) in [7, 11) is 0. The number of hydroxylamine groups is 2. The molecule has 0 unspecified atom stereocenters. The molecule has 2 N–H and O–H groups in total. The summed E-state index contributed by atoms with van der Waals surface area (Å²) in [4.78, 5) is 11.0. The minimum atomic E-state index is -0.500. The molecule has 0 aromatic rings. The molecule has 0 atom stereocenters. The summed E-state index contributed by atoms with van der Waals surface area (Å²) in [6.07, 6.45) is 3.03. The summed E-state index contributed by atoms with van der Waals surface area (Å²) in [6.45, 7) is 8.63. The van der Waals surface area contributed by atoms with E-state index in [1.54, 1.807) is 27.7 Å². The van der Waals surface area contributed by atoms with Crippen molar-refractivity contribution < 1.29 is 19.8 Å². The lowest BCUT2D eigenvalue weighted by molar-refractivity contribution is -0.137. The second-order valence-corrected chi connectivity index (χ2v) is 5.18. The third kappa shape index (κ3) is 11.6. The third-order valence-electron chi connectivity index (χ3n) is 1.99. The first-order valence-electron chi connectivity index (χ1n) is 6.24. The zero-order valence-corrected chi connectivity index (χ0v) is 11.8. The number of ether oxygens (including phenoxy) is 1. The zero-order valence-electron chi connectivity index (χ0n) is 11.8. The number of carbonyl (C=O) groups excluding carboxylic acids is 1. The Morgan fingerprint density at radius 1 is 1.39 bits per heavy atom. The molecule has 0 saturated carbocycles. The van der Waals surface area contributed by atoms with Crippen molar-refractivity contribution in [2.24, 2.45) is 0 Å². The standard InChI is InChI=1S/C9H15NO3.C4H10O/c1-2-13-9(11)7-8-3-5-10(12)6-4-8;1-4(2,3)5/h7,12H,2-6H2,1H3;5H,1-3H3. The SMILES string of the molecule is CC(C)(C)O.CCOC(=O)C=C1CCN(O)CC1. The van der Waals surface area contributed by atoms with E-state index in [-0.39, 0.29) is 5.97 Å². The number of aliphatic hydroxyl groups is 1. The quantitative estimate of drug-likeness (QED) is 0.584. The van der Waals surface area contributed by atoms with Gasteiger partial charge in [-0.25, -0.2) is 4.79 Å². The van der Waals surface area contributed by atoms with Crippen LogP contribution in [0.25, 0.3) is 0 Å². The van der Waals surface area contributed by atoms with Crippen LogP contribution in [-0.4, -0.2) is 46.6 Å². The molecule has 1 aliphatic heterocycles. The molecule has 1 rings (SSSR count). The van der Waals surface area contributed by atoms with Crippen molar-refractivity contribution in [2.45, 2.75) is 46.1 Å². The number of rotatable bonds is 2. The fraction of sp³-hybridized carbons (Fsp3) is 0.769. The van der Waals surface area contributed by atoms with Gasteiger partial charge in [-0.05, 0) is 40.5 Å². The van der Waals surface area contributed by atoms with Gasteiger partial charge in [0.2, 0.25) is 0 Å². The van der Waals surface area contributed by atoms with Gasteiger partial charge in [-0.2, -0.15) is 5.06 Å². The number of hydrogen-bond acceptors (Lipinski definition) is 5. The second-order valence-electron chi connectivity index (χ2n) is 5.18. The van der Waals surface area contributed by atoms with Crippen LogP contribution in [0, 0.1) is 0 Å². The summed E-state index contributed by atoms with van der Waals surface area (Å²) < 4.78 is 4.78. The van der Waals surface area contributed by atoms with Crippen LogP contribution in [0.15, 0.2) is 11.6 Å². The summed E-state index contributed by atoms with van der Waals surface area (Å²) in [5.74, 6) is -0.274. The number of carbonyl (C=O) groups is 1. The maximum Gasteiger partial charge on any atom is 0.330 e. The number of piperidine rings is 1. The highest BCUT2D eigenvalue weighted by molar-refractivity contribution is 5.82. The van der Waals surface area contributed by atoms with Gasteiger partial charge in [-0.1, -0.05) is 5.57 Å². The van der Waals surface area contributed by atoms with E-state index in [0.717, 1.165) is 18.4 Å². The number of hydrogen-bond donors (Lipinski definition) is 2. The van der Waals surface area contributed by atoms with Gasteiger partial charge >= 0.3 is 5.97 Å². The Bertz CT molecular complexity index is 265. The van der Waals surface area contributed by atoms with Crippen molar-refractivity contribution in [1.29, 1.82) is 0 Å². The highest BCUT2D eigenvalue weighted by atomic mass is 16.5. The molecule has 106 valence electrons. The normalized spacial score (nSPS) is 16.7. The Kier molecular flexibility index (Phi) is 7.82. The average Bonchev–Trinajstić information content (AvgIpc) is 2.19. The summed E-state index contributed by atoms with van der Waals surface area (Å²) >= 11 is 0. The highest BCUT2D eigenvalue weighted by Gasteiger charge is 2.12. The lowest BCUT2D eigenvalue weighted by Crippen LogP contribution is -2.27. The Hall–Kier alpha value is -0.910. The van der Waals surface area contributed by atoms with Gasteiger partial charge in [0.25, 0.3) is 0 Å². The molecule has 1 saturated heterocycles. The molecular formula is C13H25NO4. The average molecular weight is 259 g/mol. The van der Waals surface area contributed by atoms with Gasteiger partial charge in [-0.15, -0.1) is 0 Å². The van der Waals surface area contributed by atoms with E-state index >= 15 is 0 Å². The van der Waals surface area contributed by atoms with Crippen LogP contribution in [-0.2, 0) is 9.53 Å². The molecule has 18 heavy (non-hydrogen) atoms. The van der Waals surface area contributed by atoms with Crippen LogP contribution < -0.4 is 0 Å². The molecule has 0 radical (unpaired) electrons. The van der Waals surface area contributed by atoms with Crippen molar-refractivity contribution in [3.05, 3.63) is 11.6 Å². The van der Waals surface area contributed by atoms with Gasteiger partial charge < -0.3 is 15.1 Å². The molecule has 0 aliphatic carbocycles. The maximum absolute atomic E-state index is 11.0. The van der Waals surface area contributed by atoms with Crippen LogP contribution in [0.3, 0.4) is 0 Å². The van der Waals surface area contributed by atoms with E-state index in [1.807, 2.05) is 0 Å². The van der Waals surface area contributed by atoms with Gasteiger partial charge in [0, 0.05) is 19.2 Å². The molecule has 5 heteroatoms. The van der Waals surface area contributed by atoms with Crippen LogP contribution in [0.2, 0.25) is 0 Å². The third-order valence-corrected chi connectivity index (χ3v) is 1.99. The maximum atomic E-state index is 11.0. The molecule has 0 spiro atoms. The minimum absolute atomic E-state index is 0.274. The van der Waals surface area contributed by atoms with Crippen LogP contribution >= 0.6 is 0 Å². The zero-order chi connectivity index (χ0) is 14.2. The van der Waals surface area contributed by atoms with Crippen molar-refractivity contribution in [2.75, 3.05) is 19.7 Å². The van der Waals surface area contributed by atoms with Crippen molar-refractivity contribution >= 4 is 5.97 Å². The molecule has 1 aliphatic rings. The van der Waals surface area contributed by atoms with Crippen LogP contribution in [0.1, 0.15) is 40.5 Å². The monoisotopic (exact) mass is 259 g/mol. The van der Waals surface area contributed by atoms with E-state index < -0.39 is 5.60 Å². The molecule has 5 nitrogen and oxygen atoms in total. The van der Waals surface area contributed by atoms with E-state index in [4.69, 9.17) is 15.1 Å². The molecule has 0 aromatic carbocycles. The van der Waals surface area contributed by atoms with E-state index in [1.165, 1.54) is 11.1 Å². The fourth-order valence-electron chi connectivity index (χ4n) is 1.28. The Balaban J connectivity index is 0.000000494. The number of nitrogens with zero attached hydrogens (tertiary/aromatic N) is 1. The topological polar surface area (TPSA) is 70.0 Å². The molecule has 1 heterocycles. The van der Waals surface area contributed by atoms with Crippen molar-refractivity contribution in [3.63, 3.8) is 0 Å². The lowest BCUT2D eigenvalue weighted by Gasteiger charge is -2.21. The number of esters is 1. The first-order valence-corrected chi connectivity index (χ1v) is 6.24. The van der Waals surface area contributed by atoms with Gasteiger partial charge in [-0.3, -0.25) is 0 Å². The highest BCUT2D eigenvalue weighted by Crippen LogP contribution is 2.14. The van der Waals surface area contributed by atoms with Gasteiger partial charge in [0.1, 0.15) is 0 Å². The smallest absolute Gasteiger partial charge is 0.330 e. The summed E-state index contributed by atoms with van der Waals surface area (Å²) in [5, 5.41) is 18.8. The largest absolute Gasteiger partial charge is 0.463 e. The van der Waals surface area contributed by atoms with Crippen molar-refractivity contribution in [3.8, 4) is 0 Å². The van der Waals surface area contributed by atoms with Gasteiger partial charge in [0.15, 0.2) is 0 Å².